The second kappa shape index (κ2) is 9.13. The summed E-state index contributed by atoms with van der Waals surface area (Å²) < 4.78 is 26.5. The average molecular weight is 578 g/mol. The zero-order valence-corrected chi connectivity index (χ0v) is 23.8. The third kappa shape index (κ3) is 3.69. The molecule has 4 aliphatic carbocycles. The summed E-state index contributed by atoms with van der Waals surface area (Å²) in [6.45, 7) is 4.23. The molecule has 0 aliphatic heterocycles. The summed E-state index contributed by atoms with van der Waals surface area (Å²) in [6, 6.07) is 6.11. The van der Waals surface area contributed by atoms with Gasteiger partial charge in [0.15, 0.2) is 5.60 Å². The molecule has 3 saturated carbocycles. The first kappa shape index (κ1) is 26.6. The number of thiol groups is 1. The molecule has 214 valence electrons. The van der Waals surface area contributed by atoms with Gasteiger partial charge >= 0.3 is 5.97 Å². The number of hydrogen-bond donors (Lipinski definition) is 2. The highest BCUT2D eigenvalue weighted by molar-refractivity contribution is 7.96. The summed E-state index contributed by atoms with van der Waals surface area (Å²) in [7, 11) is 0. The van der Waals surface area contributed by atoms with Gasteiger partial charge in [-0.25, -0.2) is 14.5 Å². The van der Waals surface area contributed by atoms with Crippen molar-refractivity contribution in [1.82, 2.24) is 14.8 Å². The molecule has 3 aromatic heterocycles. The lowest BCUT2D eigenvalue weighted by Gasteiger charge is -2.60. The van der Waals surface area contributed by atoms with E-state index in [0.29, 0.717) is 31.4 Å². The lowest BCUT2D eigenvalue weighted by molar-refractivity contribution is -0.174. The molecule has 4 aliphatic rings. The van der Waals surface area contributed by atoms with Crippen LogP contribution in [0.3, 0.4) is 0 Å². The van der Waals surface area contributed by atoms with Crippen LogP contribution in [0.2, 0.25) is 0 Å². The topological polar surface area (TPSA) is 107 Å². The van der Waals surface area contributed by atoms with Crippen LogP contribution in [0.25, 0.3) is 11.8 Å². The number of nitrogens with zero attached hydrogens (tertiary/aromatic N) is 3. The van der Waals surface area contributed by atoms with Crippen LogP contribution >= 0.6 is 12.6 Å². The van der Waals surface area contributed by atoms with E-state index in [2.05, 4.69) is 35.7 Å². The minimum absolute atomic E-state index is 0.0313. The fourth-order valence-corrected chi connectivity index (χ4v) is 9.45. The van der Waals surface area contributed by atoms with Crippen LogP contribution in [0.5, 0.6) is 0 Å². The molecule has 0 unspecified atom stereocenters. The van der Waals surface area contributed by atoms with E-state index in [1.54, 1.807) is 16.8 Å². The molecule has 0 radical (unpaired) electrons. The summed E-state index contributed by atoms with van der Waals surface area (Å²) in [6.07, 6.45) is 10.0. The van der Waals surface area contributed by atoms with Crippen LogP contribution in [0.1, 0.15) is 67.8 Å². The first-order valence-electron chi connectivity index (χ1n) is 14.2. The Morgan fingerprint density at radius 1 is 1.22 bits per heavy atom. The Balaban J connectivity index is 1.22. The zero-order valence-electron chi connectivity index (χ0n) is 22.9. The van der Waals surface area contributed by atoms with Crippen LogP contribution in [0, 0.1) is 34.5 Å². The number of aromatic nitrogens is 3. The molecule has 0 amide bonds. The summed E-state index contributed by atoms with van der Waals surface area (Å²) in [5, 5.41) is 16.0. The number of halogens is 1. The highest BCUT2D eigenvalue weighted by Crippen LogP contribution is 2.68. The van der Waals surface area contributed by atoms with Crippen molar-refractivity contribution in [2.45, 2.75) is 64.1 Å². The van der Waals surface area contributed by atoms with Gasteiger partial charge in [-0.1, -0.05) is 19.4 Å². The number of carbonyl (C=O) groups excluding carboxylic acids is 2. The number of hydrogen-bond acceptors (Lipinski definition) is 7. The van der Waals surface area contributed by atoms with Gasteiger partial charge in [-0.3, -0.25) is 4.79 Å². The second-order valence-electron chi connectivity index (χ2n) is 12.6. The number of allylic oxidation sites excluding steroid dienone is 1. The van der Waals surface area contributed by atoms with Crippen molar-refractivity contribution < 1.29 is 28.2 Å². The predicted octanol–water partition coefficient (Wildman–Crippen LogP) is 5.20. The van der Waals surface area contributed by atoms with Crippen molar-refractivity contribution in [2.24, 2.45) is 28.6 Å². The van der Waals surface area contributed by atoms with E-state index >= 15 is 0 Å². The minimum Gasteiger partial charge on any atom is -0.457 e. The van der Waals surface area contributed by atoms with Gasteiger partial charge in [-0.15, -0.1) is 12.6 Å². The standard InChI is InChI=1S/C31H32FN3O5S/c1-29-13-17-15-34-35(19-6-8-25(32)33-16-19)22(17)12-18(29)5-7-20-21-9-10-31(28(38)41,30(21,2)14-23(36)26(20)29)40-27(37)24-4-3-11-39-24/h3-4,6,8,11-12,15-16,20-21,23,26,36H,5,7,9-10,13-14H2,1-2H3,(H,38,41)/t20-,21-,23-,26+,29-,30-,31-/m0/s1. The Hall–Kier alpha value is -3.24. The van der Waals surface area contributed by atoms with E-state index in [1.165, 1.54) is 30.2 Å². The summed E-state index contributed by atoms with van der Waals surface area (Å²) in [5.74, 6) is -1.01. The molecular weight excluding hydrogens is 545 g/mol. The molecule has 0 spiro atoms. The molecule has 0 aromatic carbocycles. The van der Waals surface area contributed by atoms with Crippen molar-refractivity contribution in [3.63, 3.8) is 0 Å². The Morgan fingerprint density at radius 2 is 2.05 bits per heavy atom. The molecule has 0 bridgehead atoms. The van der Waals surface area contributed by atoms with Crippen LogP contribution in [-0.2, 0) is 16.0 Å². The average Bonchev–Trinajstić information content (AvgIpc) is 3.66. The van der Waals surface area contributed by atoms with E-state index in [1.807, 2.05) is 13.1 Å². The van der Waals surface area contributed by atoms with Crippen LogP contribution < -0.4 is 0 Å². The van der Waals surface area contributed by atoms with Gasteiger partial charge in [0, 0.05) is 5.41 Å². The van der Waals surface area contributed by atoms with Gasteiger partial charge in [0.2, 0.25) is 16.8 Å². The maximum absolute atomic E-state index is 13.4. The van der Waals surface area contributed by atoms with E-state index in [4.69, 9.17) is 9.15 Å². The molecule has 0 saturated heterocycles. The number of ether oxygens (including phenoxy) is 1. The second-order valence-corrected chi connectivity index (χ2v) is 13.0. The zero-order chi connectivity index (χ0) is 28.7. The number of rotatable bonds is 4. The van der Waals surface area contributed by atoms with Crippen molar-refractivity contribution in [3.8, 4) is 5.69 Å². The molecule has 3 aromatic rings. The quantitative estimate of drug-likeness (QED) is 0.249. The number of aliphatic hydroxyl groups excluding tert-OH is 1. The first-order valence-corrected chi connectivity index (χ1v) is 14.6. The molecule has 7 rings (SSSR count). The monoisotopic (exact) mass is 577 g/mol. The molecular formula is C31H32FN3O5S. The van der Waals surface area contributed by atoms with Crippen molar-refractivity contribution in [2.75, 3.05) is 0 Å². The normalized spacial score (nSPS) is 35.5. The molecule has 3 heterocycles. The van der Waals surface area contributed by atoms with E-state index < -0.39 is 34.2 Å². The van der Waals surface area contributed by atoms with Crippen molar-refractivity contribution >= 4 is 29.8 Å². The minimum atomic E-state index is -1.45. The molecule has 3 fully saturated rings. The third-order valence-electron chi connectivity index (χ3n) is 10.8. The number of pyridine rings is 1. The van der Waals surface area contributed by atoms with Crippen LogP contribution in [-0.4, -0.2) is 42.7 Å². The molecule has 1 N–H and O–H groups in total. The fourth-order valence-electron chi connectivity index (χ4n) is 9.04. The summed E-state index contributed by atoms with van der Waals surface area (Å²) in [5.41, 5.74) is 1.48. The number of fused-ring (bicyclic) bond motifs is 6. The summed E-state index contributed by atoms with van der Waals surface area (Å²) in [4.78, 5) is 30.0. The lowest BCUT2D eigenvalue weighted by atomic mass is 9.45. The highest BCUT2D eigenvalue weighted by Gasteiger charge is 2.70. The number of aliphatic hydroxyl groups is 1. The number of furan rings is 1. The molecule has 8 nitrogen and oxygen atoms in total. The van der Waals surface area contributed by atoms with Gasteiger partial charge in [-0.2, -0.15) is 9.49 Å². The third-order valence-corrected chi connectivity index (χ3v) is 11.2. The number of esters is 1. The highest BCUT2D eigenvalue weighted by atomic mass is 32.1. The largest absolute Gasteiger partial charge is 0.457 e. The smallest absolute Gasteiger partial charge is 0.375 e. The Bertz CT molecular complexity index is 1570. The van der Waals surface area contributed by atoms with Crippen LogP contribution in [0.15, 0.2) is 52.9 Å². The van der Waals surface area contributed by atoms with Gasteiger partial charge in [0.1, 0.15) is 0 Å². The lowest BCUT2D eigenvalue weighted by Crippen LogP contribution is -2.62. The maximum Gasteiger partial charge on any atom is 0.375 e. The van der Waals surface area contributed by atoms with Gasteiger partial charge in [-0.05, 0) is 97.6 Å². The molecule has 10 heteroatoms. The SMILES string of the molecule is C[C@]12Cc3cnn(-c4ccc(F)nc4)c3C=C1CC[C@@H]1[C@@H]2[C@@H](O)C[C@@]2(C)[C@H]1CC[C@]2(OC(=O)c1ccco1)C(=O)S. The van der Waals surface area contributed by atoms with Gasteiger partial charge < -0.3 is 14.3 Å². The van der Waals surface area contributed by atoms with E-state index in [9.17, 15) is 19.1 Å². The van der Waals surface area contributed by atoms with Crippen molar-refractivity contribution in [1.29, 1.82) is 0 Å². The van der Waals surface area contributed by atoms with Crippen LogP contribution in [0.4, 0.5) is 4.39 Å². The van der Waals surface area contributed by atoms with E-state index in [-0.39, 0.29) is 28.9 Å². The molecule has 41 heavy (non-hydrogen) atoms. The first-order chi connectivity index (χ1) is 19.6. The number of carbonyl (C=O) groups is 2. The fraction of sp³-hybridized carbons (Fsp3) is 0.484. The Morgan fingerprint density at radius 3 is 2.76 bits per heavy atom. The Kier molecular flexibility index (Phi) is 5.93. The van der Waals surface area contributed by atoms with Gasteiger partial charge in [0.05, 0.1) is 36.1 Å². The molecule has 7 atom stereocenters. The predicted molar refractivity (Wildman–Crippen MR) is 150 cm³/mol. The maximum atomic E-state index is 13.4. The van der Waals surface area contributed by atoms with E-state index in [0.717, 1.165) is 24.1 Å². The Labute approximate surface area is 242 Å². The summed E-state index contributed by atoms with van der Waals surface area (Å²) >= 11 is 4.26. The van der Waals surface area contributed by atoms with Crippen molar-refractivity contribution in [3.05, 3.63) is 71.5 Å². The van der Waals surface area contributed by atoms with Gasteiger partial charge in [0.25, 0.3) is 0 Å².